The molecule has 84 valence electrons. The number of rotatable bonds is 1. The van der Waals surface area contributed by atoms with Crippen LogP contribution in [0.2, 0.25) is 0 Å². The Balaban J connectivity index is 2.52. The van der Waals surface area contributed by atoms with Crippen molar-refractivity contribution in [3.05, 3.63) is 35.4 Å². The van der Waals surface area contributed by atoms with E-state index in [4.69, 9.17) is 11.6 Å². The van der Waals surface area contributed by atoms with Gasteiger partial charge in [0.05, 0.1) is 5.92 Å². The van der Waals surface area contributed by atoms with Crippen LogP contribution in [0.4, 0.5) is 8.78 Å². The third-order valence-corrected chi connectivity index (χ3v) is 2.83. The van der Waals surface area contributed by atoms with Gasteiger partial charge in [-0.05, 0) is 12.1 Å². The monoisotopic (exact) mass is 245 g/mol. The second-order valence-corrected chi connectivity index (χ2v) is 3.84. The zero-order valence-corrected chi connectivity index (χ0v) is 8.59. The normalized spacial score (nSPS) is 24.7. The molecule has 6 heteroatoms. The second kappa shape index (κ2) is 3.83. The van der Waals surface area contributed by atoms with E-state index in [0.717, 1.165) is 12.1 Å². The maximum Gasteiger partial charge on any atom is 0.245 e. The zero-order chi connectivity index (χ0) is 11.9. The molecular formula is C10H6ClF2NO2. The zero-order valence-electron chi connectivity index (χ0n) is 7.84. The van der Waals surface area contributed by atoms with Crippen LogP contribution in [0.1, 0.15) is 11.5 Å². The Bertz CT molecular complexity index is 458. The fourth-order valence-electron chi connectivity index (χ4n) is 1.64. The van der Waals surface area contributed by atoms with Gasteiger partial charge in [0.15, 0.2) is 0 Å². The number of halogens is 3. The summed E-state index contributed by atoms with van der Waals surface area (Å²) in [6.45, 7) is 0. The number of hydrogen-bond acceptors (Lipinski definition) is 2. The van der Waals surface area contributed by atoms with Crippen LogP contribution in [0, 0.1) is 11.6 Å². The number of carbonyl (C=O) groups excluding carboxylic acids is 2. The molecule has 2 amide bonds. The van der Waals surface area contributed by atoms with Gasteiger partial charge >= 0.3 is 0 Å². The van der Waals surface area contributed by atoms with Crippen LogP contribution < -0.4 is 5.32 Å². The second-order valence-electron chi connectivity index (χ2n) is 3.37. The Hall–Kier alpha value is -1.49. The highest BCUT2D eigenvalue weighted by molar-refractivity contribution is 6.37. The van der Waals surface area contributed by atoms with Gasteiger partial charge < -0.3 is 0 Å². The molecule has 2 atom stereocenters. The molecule has 1 aromatic carbocycles. The molecular weight excluding hydrogens is 240 g/mol. The smallest absolute Gasteiger partial charge is 0.245 e. The van der Waals surface area contributed by atoms with Crippen LogP contribution in [0.15, 0.2) is 18.2 Å². The SMILES string of the molecule is O=C1NC(=O)C(c2c(F)cccc2F)C1Cl. The third-order valence-electron chi connectivity index (χ3n) is 2.38. The Morgan fingerprint density at radius 3 is 2.12 bits per heavy atom. The van der Waals surface area contributed by atoms with E-state index in [1.165, 1.54) is 6.07 Å². The van der Waals surface area contributed by atoms with Crippen LogP contribution in [0.3, 0.4) is 0 Å². The summed E-state index contributed by atoms with van der Waals surface area (Å²) in [6, 6.07) is 3.20. The lowest BCUT2D eigenvalue weighted by Gasteiger charge is -2.11. The topological polar surface area (TPSA) is 46.2 Å². The first-order chi connectivity index (χ1) is 7.52. The lowest BCUT2D eigenvalue weighted by Crippen LogP contribution is -2.22. The van der Waals surface area contributed by atoms with Gasteiger partial charge in [0.1, 0.15) is 17.0 Å². The maximum atomic E-state index is 13.4. The van der Waals surface area contributed by atoms with Crippen LogP contribution in [0.5, 0.6) is 0 Å². The van der Waals surface area contributed by atoms with E-state index in [1.54, 1.807) is 0 Å². The number of alkyl halides is 1. The summed E-state index contributed by atoms with van der Waals surface area (Å²) in [4.78, 5) is 22.4. The Kier molecular flexibility index (Phi) is 2.63. The van der Waals surface area contributed by atoms with Gasteiger partial charge in [-0.2, -0.15) is 0 Å². The van der Waals surface area contributed by atoms with E-state index in [9.17, 15) is 18.4 Å². The first-order valence-electron chi connectivity index (χ1n) is 4.45. The molecule has 0 aromatic heterocycles. The average Bonchev–Trinajstić information content (AvgIpc) is 2.44. The van der Waals surface area contributed by atoms with Crippen molar-refractivity contribution in [2.45, 2.75) is 11.3 Å². The van der Waals surface area contributed by atoms with Gasteiger partial charge in [-0.25, -0.2) is 8.78 Å². The largest absolute Gasteiger partial charge is 0.295 e. The predicted octanol–water partition coefficient (Wildman–Crippen LogP) is 1.31. The number of amides is 2. The van der Waals surface area contributed by atoms with E-state index in [-0.39, 0.29) is 0 Å². The van der Waals surface area contributed by atoms with Crippen molar-refractivity contribution < 1.29 is 18.4 Å². The number of nitrogens with one attached hydrogen (secondary N) is 1. The van der Waals surface area contributed by atoms with Gasteiger partial charge in [0.25, 0.3) is 0 Å². The fraction of sp³-hybridized carbons (Fsp3) is 0.200. The molecule has 1 heterocycles. The van der Waals surface area contributed by atoms with E-state index in [0.29, 0.717) is 0 Å². The highest BCUT2D eigenvalue weighted by atomic mass is 35.5. The van der Waals surface area contributed by atoms with E-state index >= 15 is 0 Å². The Morgan fingerprint density at radius 2 is 1.69 bits per heavy atom. The Morgan fingerprint density at radius 1 is 1.12 bits per heavy atom. The number of benzene rings is 1. The molecule has 16 heavy (non-hydrogen) atoms. The molecule has 1 fully saturated rings. The highest BCUT2D eigenvalue weighted by Gasteiger charge is 2.43. The highest BCUT2D eigenvalue weighted by Crippen LogP contribution is 2.32. The molecule has 1 aromatic rings. The summed E-state index contributed by atoms with van der Waals surface area (Å²) in [5.41, 5.74) is -0.467. The molecule has 1 aliphatic heterocycles. The molecule has 2 rings (SSSR count). The molecule has 0 radical (unpaired) electrons. The minimum absolute atomic E-state index is 0.467. The summed E-state index contributed by atoms with van der Waals surface area (Å²) >= 11 is 5.64. The van der Waals surface area contributed by atoms with Crippen LogP contribution in [0.25, 0.3) is 0 Å². The van der Waals surface area contributed by atoms with Crippen molar-refractivity contribution in [3.8, 4) is 0 Å². The summed E-state index contributed by atoms with van der Waals surface area (Å²) in [5.74, 6) is -4.61. The van der Waals surface area contributed by atoms with Gasteiger partial charge in [0, 0.05) is 5.56 Å². The van der Waals surface area contributed by atoms with Gasteiger partial charge in [0.2, 0.25) is 11.8 Å². The fourth-order valence-corrected chi connectivity index (χ4v) is 1.93. The van der Waals surface area contributed by atoms with E-state index in [2.05, 4.69) is 0 Å². The summed E-state index contributed by atoms with van der Waals surface area (Å²) in [5, 5.41) is 0.648. The molecule has 1 saturated heterocycles. The van der Waals surface area contributed by atoms with E-state index < -0.39 is 40.3 Å². The molecule has 0 bridgehead atoms. The molecule has 1 aliphatic rings. The average molecular weight is 246 g/mol. The van der Waals surface area contributed by atoms with Crippen LogP contribution in [-0.2, 0) is 9.59 Å². The summed E-state index contributed by atoms with van der Waals surface area (Å²) < 4.78 is 26.8. The minimum atomic E-state index is -1.31. The quantitative estimate of drug-likeness (QED) is 0.599. The first kappa shape index (κ1) is 11.0. The van der Waals surface area contributed by atoms with Crippen molar-refractivity contribution in [1.29, 1.82) is 0 Å². The number of carbonyl (C=O) groups is 2. The van der Waals surface area contributed by atoms with Crippen molar-refractivity contribution in [3.63, 3.8) is 0 Å². The molecule has 2 unspecified atom stereocenters. The molecule has 3 nitrogen and oxygen atoms in total. The Labute approximate surface area is 94.4 Å². The molecule has 0 saturated carbocycles. The predicted molar refractivity (Wildman–Crippen MR) is 51.9 cm³/mol. The lowest BCUT2D eigenvalue weighted by molar-refractivity contribution is -0.125. The van der Waals surface area contributed by atoms with Crippen molar-refractivity contribution >= 4 is 23.4 Å². The van der Waals surface area contributed by atoms with Gasteiger partial charge in [-0.3, -0.25) is 14.9 Å². The van der Waals surface area contributed by atoms with Crippen molar-refractivity contribution in [1.82, 2.24) is 5.32 Å². The van der Waals surface area contributed by atoms with Crippen LogP contribution >= 0.6 is 11.6 Å². The summed E-state index contributed by atoms with van der Waals surface area (Å²) in [7, 11) is 0. The first-order valence-corrected chi connectivity index (χ1v) is 4.88. The number of imide groups is 1. The molecule has 0 aliphatic carbocycles. The molecule has 0 spiro atoms. The van der Waals surface area contributed by atoms with Gasteiger partial charge in [-0.15, -0.1) is 11.6 Å². The van der Waals surface area contributed by atoms with Crippen molar-refractivity contribution in [2.24, 2.45) is 0 Å². The minimum Gasteiger partial charge on any atom is -0.295 e. The standard InChI is InChI=1S/C10H6ClF2NO2/c11-8-7(9(15)14-10(8)16)6-4(12)2-1-3-5(6)13/h1-3,7-8H,(H,14,15,16). The summed E-state index contributed by atoms with van der Waals surface area (Å²) in [6.07, 6.45) is 0. The van der Waals surface area contributed by atoms with Crippen LogP contribution in [-0.4, -0.2) is 17.2 Å². The number of hydrogen-bond donors (Lipinski definition) is 1. The third kappa shape index (κ3) is 1.57. The van der Waals surface area contributed by atoms with Crippen molar-refractivity contribution in [2.75, 3.05) is 0 Å². The lowest BCUT2D eigenvalue weighted by atomic mass is 9.96. The maximum absolute atomic E-state index is 13.4. The van der Waals surface area contributed by atoms with Gasteiger partial charge in [-0.1, -0.05) is 6.07 Å². The molecule has 1 N–H and O–H groups in total. The van der Waals surface area contributed by atoms with E-state index in [1.807, 2.05) is 5.32 Å².